The minimum atomic E-state index is -2.90. The van der Waals surface area contributed by atoms with Crippen molar-refractivity contribution in [3.05, 3.63) is 0 Å². The summed E-state index contributed by atoms with van der Waals surface area (Å²) in [5.74, 6) is 1.83. The van der Waals surface area contributed by atoms with Crippen molar-refractivity contribution >= 4 is 9.84 Å². The van der Waals surface area contributed by atoms with E-state index in [9.17, 15) is 13.5 Å². The first-order valence-electron chi connectivity index (χ1n) is 8.06. The Kier molecular flexibility index (Phi) is 3.49. The van der Waals surface area contributed by atoms with Crippen molar-refractivity contribution in [3.8, 4) is 0 Å². The third kappa shape index (κ3) is 2.78. The molecule has 4 aliphatic carbocycles. The average molecular weight is 300 g/mol. The van der Waals surface area contributed by atoms with Crippen molar-refractivity contribution in [2.75, 3.05) is 12.0 Å². The second-order valence-electron chi connectivity index (χ2n) is 8.42. The van der Waals surface area contributed by atoms with Crippen molar-refractivity contribution in [3.63, 3.8) is 0 Å². The Bertz CT molecular complexity index is 468. The Morgan fingerprint density at radius 1 is 1.20 bits per heavy atom. The van der Waals surface area contributed by atoms with Gasteiger partial charge in [0.2, 0.25) is 0 Å². The predicted molar refractivity (Wildman–Crippen MR) is 80.2 cm³/mol. The summed E-state index contributed by atoms with van der Waals surface area (Å²) >= 11 is 0. The number of hydrogen-bond acceptors (Lipinski definition) is 3. The predicted octanol–water partition coefficient (Wildman–Crippen LogP) is 2.78. The maximum absolute atomic E-state index is 11.2. The van der Waals surface area contributed by atoms with Crippen LogP contribution in [0.25, 0.3) is 0 Å². The Labute approximate surface area is 123 Å². The normalized spacial score (nSPS) is 44.8. The van der Waals surface area contributed by atoms with Gasteiger partial charge in [0, 0.05) is 12.0 Å². The van der Waals surface area contributed by atoms with Gasteiger partial charge in [0.15, 0.2) is 0 Å². The minimum Gasteiger partial charge on any atom is -0.393 e. The van der Waals surface area contributed by atoms with Gasteiger partial charge in [-0.2, -0.15) is 0 Å². The molecule has 4 rings (SSSR count). The highest BCUT2D eigenvalue weighted by molar-refractivity contribution is 7.90. The van der Waals surface area contributed by atoms with E-state index >= 15 is 0 Å². The van der Waals surface area contributed by atoms with E-state index in [1.807, 2.05) is 0 Å². The summed E-state index contributed by atoms with van der Waals surface area (Å²) in [6.07, 6.45) is 9.83. The summed E-state index contributed by atoms with van der Waals surface area (Å²) in [6, 6.07) is 0. The van der Waals surface area contributed by atoms with Crippen LogP contribution in [0, 0.1) is 22.7 Å². The fourth-order valence-corrected chi connectivity index (χ4v) is 6.72. The molecule has 4 fully saturated rings. The SMILES string of the molecule is CC12CC3CC(C1)CC(C(O)CCCS(C)(=O)=O)(C3)C2. The van der Waals surface area contributed by atoms with Crippen LogP contribution in [0.15, 0.2) is 0 Å². The molecule has 3 nitrogen and oxygen atoms in total. The maximum atomic E-state index is 11.2. The highest BCUT2D eigenvalue weighted by Gasteiger charge is 2.57. The van der Waals surface area contributed by atoms with E-state index in [0.29, 0.717) is 18.3 Å². The van der Waals surface area contributed by atoms with Gasteiger partial charge in [-0.15, -0.1) is 0 Å². The largest absolute Gasteiger partial charge is 0.393 e. The van der Waals surface area contributed by atoms with Crippen LogP contribution in [-0.2, 0) is 9.84 Å². The molecular formula is C16H28O3S. The van der Waals surface area contributed by atoms with Gasteiger partial charge in [-0.3, -0.25) is 0 Å². The first kappa shape index (κ1) is 14.8. The standard InChI is InChI=1S/C16H28O3S/c1-15-7-12-6-13(8-15)10-16(9-12,11-15)14(17)4-3-5-20(2,18)19/h12-14,17H,3-11H2,1-2H3. The molecule has 4 heteroatoms. The summed E-state index contributed by atoms with van der Waals surface area (Å²) < 4.78 is 22.5. The van der Waals surface area contributed by atoms with E-state index < -0.39 is 9.84 Å². The zero-order valence-electron chi connectivity index (χ0n) is 12.8. The zero-order valence-corrected chi connectivity index (χ0v) is 13.6. The van der Waals surface area contributed by atoms with Crippen molar-refractivity contribution in [1.29, 1.82) is 0 Å². The van der Waals surface area contributed by atoms with Crippen LogP contribution in [0.2, 0.25) is 0 Å². The molecule has 0 saturated heterocycles. The quantitative estimate of drug-likeness (QED) is 0.849. The molecule has 20 heavy (non-hydrogen) atoms. The Morgan fingerprint density at radius 2 is 1.80 bits per heavy atom. The van der Waals surface area contributed by atoms with Gasteiger partial charge in [0.25, 0.3) is 0 Å². The second kappa shape index (κ2) is 4.70. The Balaban J connectivity index is 1.66. The fraction of sp³-hybridized carbons (Fsp3) is 1.00. The first-order valence-corrected chi connectivity index (χ1v) is 10.1. The van der Waals surface area contributed by atoms with Crippen LogP contribution in [0.3, 0.4) is 0 Å². The molecule has 4 bridgehead atoms. The number of aliphatic hydroxyl groups is 1. The van der Waals surface area contributed by atoms with Crippen LogP contribution in [0.1, 0.15) is 58.3 Å². The molecule has 3 unspecified atom stereocenters. The van der Waals surface area contributed by atoms with E-state index in [1.165, 1.54) is 38.4 Å². The zero-order chi connectivity index (χ0) is 14.6. The smallest absolute Gasteiger partial charge is 0.147 e. The van der Waals surface area contributed by atoms with Crippen molar-refractivity contribution in [1.82, 2.24) is 0 Å². The summed E-state index contributed by atoms with van der Waals surface area (Å²) in [5.41, 5.74) is 0.554. The van der Waals surface area contributed by atoms with Gasteiger partial charge in [-0.25, -0.2) is 8.42 Å². The molecule has 0 aliphatic heterocycles. The van der Waals surface area contributed by atoms with Gasteiger partial charge in [-0.05, 0) is 74.0 Å². The van der Waals surface area contributed by atoms with Crippen molar-refractivity contribution in [2.45, 2.75) is 64.4 Å². The van der Waals surface area contributed by atoms with Crippen LogP contribution in [0.4, 0.5) is 0 Å². The van der Waals surface area contributed by atoms with Gasteiger partial charge in [0.1, 0.15) is 9.84 Å². The van der Waals surface area contributed by atoms with E-state index in [1.54, 1.807) is 0 Å². The van der Waals surface area contributed by atoms with E-state index in [2.05, 4.69) is 6.92 Å². The molecule has 0 amide bonds. The summed E-state index contributed by atoms with van der Waals surface area (Å²) in [7, 11) is -2.90. The topological polar surface area (TPSA) is 54.4 Å². The summed E-state index contributed by atoms with van der Waals surface area (Å²) in [4.78, 5) is 0. The van der Waals surface area contributed by atoms with Crippen LogP contribution >= 0.6 is 0 Å². The van der Waals surface area contributed by atoms with E-state index in [-0.39, 0.29) is 17.3 Å². The summed E-state index contributed by atoms with van der Waals surface area (Å²) in [5, 5.41) is 10.7. The lowest BCUT2D eigenvalue weighted by Gasteiger charge is -2.62. The van der Waals surface area contributed by atoms with Crippen LogP contribution in [-0.4, -0.2) is 31.6 Å². The minimum absolute atomic E-state index is 0.107. The van der Waals surface area contributed by atoms with Gasteiger partial charge in [0.05, 0.1) is 6.10 Å². The van der Waals surface area contributed by atoms with Crippen LogP contribution in [0.5, 0.6) is 0 Å². The molecule has 0 aromatic heterocycles. The molecule has 116 valence electrons. The average Bonchev–Trinajstić information content (AvgIpc) is 2.23. The number of aliphatic hydroxyl groups excluding tert-OH is 1. The molecule has 0 spiro atoms. The third-order valence-corrected chi connectivity index (χ3v) is 7.13. The van der Waals surface area contributed by atoms with Gasteiger partial charge < -0.3 is 5.11 Å². The van der Waals surface area contributed by atoms with Gasteiger partial charge in [-0.1, -0.05) is 6.92 Å². The molecular weight excluding hydrogens is 272 g/mol. The molecule has 0 heterocycles. The Morgan fingerprint density at radius 3 is 2.30 bits per heavy atom. The molecule has 0 aromatic rings. The van der Waals surface area contributed by atoms with Gasteiger partial charge >= 0.3 is 0 Å². The lowest BCUT2D eigenvalue weighted by molar-refractivity contribution is -0.154. The lowest BCUT2D eigenvalue weighted by Crippen LogP contribution is -2.55. The monoisotopic (exact) mass is 300 g/mol. The maximum Gasteiger partial charge on any atom is 0.147 e. The van der Waals surface area contributed by atoms with E-state index in [4.69, 9.17) is 0 Å². The molecule has 4 aliphatic rings. The third-order valence-electron chi connectivity index (χ3n) is 6.10. The highest BCUT2D eigenvalue weighted by atomic mass is 32.2. The lowest BCUT2D eigenvalue weighted by atomic mass is 9.43. The number of rotatable bonds is 5. The Hall–Kier alpha value is -0.0900. The van der Waals surface area contributed by atoms with Crippen molar-refractivity contribution < 1.29 is 13.5 Å². The molecule has 0 aromatic carbocycles. The molecule has 0 radical (unpaired) electrons. The number of hydrogen-bond donors (Lipinski definition) is 1. The highest BCUT2D eigenvalue weighted by Crippen LogP contribution is 2.66. The van der Waals surface area contributed by atoms with Crippen molar-refractivity contribution in [2.24, 2.45) is 22.7 Å². The first-order chi connectivity index (χ1) is 9.20. The van der Waals surface area contributed by atoms with Crippen LogP contribution < -0.4 is 0 Å². The number of sulfone groups is 1. The summed E-state index contributed by atoms with van der Waals surface area (Å²) in [6.45, 7) is 2.41. The molecule has 1 N–H and O–H groups in total. The fourth-order valence-electron chi connectivity index (χ4n) is 6.03. The molecule has 3 atom stereocenters. The van der Waals surface area contributed by atoms with E-state index in [0.717, 1.165) is 18.3 Å². The second-order valence-corrected chi connectivity index (χ2v) is 10.7. The molecule has 4 saturated carbocycles.